The molecule has 4 rings (SSSR count). The van der Waals surface area contributed by atoms with Gasteiger partial charge in [0.05, 0.1) is 16.8 Å². The lowest BCUT2D eigenvalue weighted by atomic mass is 10.1. The molecule has 0 amide bonds. The molecule has 0 bridgehead atoms. The Kier molecular flexibility index (Phi) is 4.05. The van der Waals surface area contributed by atoms with Crippen molar-refractivity contribution in [1.29, 1.82) is 0 Å². The summed E-state index contributed by atoms with van der Waals surface area (Å²) >= 11 is 3.51. The van der Waals surface area contributed by atoms with Crippen molar-refractivity contribution in [3.05, 3.63) is 74.7 Å². The maximum atomic E-state index is 11.7. The molecule has 0 aliphatic rings. The van der Waals surface area contributed by atoms with E-state index in [4.69, 9.17) is 4.42 Å². The van der Waals surface area contributed by atoms with E-state index in [1.54, 1.807) is 18.3 Å². The van der Waals surface area contributed by atoms with Gasteiger partial charge in [0.15, 0.2) is 5.58 Å². The minimum atomic E-state index is -0.467. The van der Waals surface area contributed by atoms with E-state index in [2.05, 4.69) is 25.9 Å². The molecule has 2 heterocycles. The fourth-order valence-electron chi connectivity index (χ4n) is 2.88. The van der Waals surface area contributed by atoms with E-state index in [1.165, 1.54) is 12.3 Å². The fourth-order valence-corrected chi connectivity index (χ4v) is 3.33. The van der Waals surface area contributed by atoms with Crippen molar-refractivity contribution in [1.82, 2.24) is 4.98 Å². The van der Waals surface area contributed by atoms with Crippen LogP contribution in [0, 0.1) is 6.92 Å². The third-order valence-corrected chi connectivity index (χ3v) is 4.85. The average Bonchev–Trinajstić information content (AvgIpc) is 2.62. The summed E-state index contributed by atoms with van der Waals surface area (Å²) in [5.74, 6) is -0.00984. The van der Waals surface area contributed by atoms with Crippen molar-refractivity contribution in [3.8, 4) is 5.75 Å². The summed E-state index contributed by atoms with van der Waals surface area (Å²) in [6.07, 6.45) is 3.20. The fraction of sp³-hybridized carbons (Fsp3) is 0.0500. The highest BCUT2D eigenvalue weighted by atomic mass is 79.9. The molecule has 0 aliphatic carbocycles. The number of halogens is 1. The number of hydrogen-bond acceptors (Lipinski definition) is 5. The maximum Gasteiger partial charge on any atom is 0.336 e. The van der Waals surface area contributed by atoms with Crippen molar-refractivity contribution in [2.45, 2.75) is 6.92 Å². The van der Waals surface area contributed by atoms with Crippen molar-refractivity contribution in [3.63, 3.8) is 0 Å². The number of aromatic nitrogens is 1. The molecule has 0 fully saturated rings. The molecule has 26 heavy (non-hydrogen) atoms. The van der Waals surface area contributed by atoms with E-state index in [1.807, 2.05) is 31.2 Å². The smallest absolute Gasteiger partial charge is 0.336 e. The van der Waals surface area contributed by atoms with Gasteiger partial charge in [-0.25, -0.2) is 4.79 Å². The molecule has 0 spiro atoms. The number of pyridine rings is 1. The molecule has 0 saturated carbocycles. The summed E-state index contributed by atoms with van der Waals surface area (Å²) in [5, 5.41) is 11.9. The lowest BCUT2D eigenvalue weighted by molar-refractivity contribution is 0.472. The number of nitrogens with zero attached hydrogens (tertiary/aromatic N) is 2. The number of aryl methyl sites for hydroxylation is 1. The van der Waals surface area contributed by atoms with Crippen LogP contribution in [0.2, 0.25) is 0 Å². The summed E-state index contributed by atoms with van der Waals surface area (Å²) in [4.78, 5) is 20.6. The molecule has 0 saturated heterocycles. The first-order valence-electron chi connectivity index (χ1n) is 7.88. The van der Waals surface area contributed by atoms with Crippen molar-refractivity contribution < 1.29 is 9.52 Å². The molecular weight excluding hydrogens is 396 g/mol. The van der Waals surface area contributed by atoms with E-state index in [0.717, 1.165) is 26.3 Å². The molecule has 0 atom stereocenters. The second-order valence-corrected chi connectivity index (χ2v) is 6.70. The zero-order chi connectivity index (χ0) is 18.3. The molecule has 5 nitrogen and oxygen atoms in total. The van der Waals surface area contributed by atoms with Crippen LogP contribution in [0.25, 0.3) is 21.9 Å². The van der Waals surface area contributed by atoms with Crippen LogP contribution in [0.5, 0.6) is 5.75 Å². The Hall–Kier alpha value is -2.99. The highest BCUT2D eigenvalue weighted by molar-refractivity contribution is 9.10. The van der Waals surface area contributed by atoms with Crippen molar-refractivity contribution >= 4 is 49.7 Å². The Morgan fingerprint density at radius 3 is 2.88 bits per heavy atom. The summed E-state index contributed by atoms with van der Waals surface area (Å²) in [5.41, 5.74) is 2.36. The Labute approximate surface area is 156 Å². The number of phenolic OH excluding ortho intramolecular Hbond substituents is 1. The van der Waals surface area contributed by atoms with Crippen LogP contribution >= 0.6 is 15.9 Å². The van der Waals surface area contributed by atoms with Crippen LogP contribution in [0.15, 0.2) is 67.3 Å². The van der Waals surface area contributed by atoms with Gasteiger partial charge in [-0.15, -0.1) is 0 Å². The number of benzene rings is 2. The van der Waals surface area contributed by atoms with Crippen LogP contribution in [-0.4, -0.2) is 16.3 Å². The van der Waals surface area contributed by atoms with Gasteiger partial charge < -0.3 is 9.52 Å². The monoisotopic (exact) mass is 408 g/mol. The predicted molar refractivity (Wildman–Crippen MR) is 106 cm³/mol. The number of hydrogen-bond donors (Lipinski definition) is 1. The summed E-state index contributed by atoms with van der Waals surface area (Å²) in [6.45, 7) is 1.82. The summed E-state index contributed by atoms with van der Waals surface area (Å²) < 4.78 is 6.24. The second-order valence-electron chi connectivity index (χ2n) is 5.85. The van der Waals surface area contributed by atoms with E-state index >= 15 is 0 Å². The van der Waals surface area contributed by atoms with E-state index < -0.39 is 5.63 Å². The third-order valence-electron chi connectivity index (χ3n) is 4.16. The molecule has 6 heteroatoms. The molecule has 2 aromatic heterocycles. The van der Waals surface area contributed by atoms with Gasteiger partial charge in [0.1, 0.15) is 5.75 Å². The minimum absolute atomic E-state index is 0.00984. The van der Waals surface area contributed by atoms with Crippen LogP contribution in [-0.2, 0) is 0 Å². The average molecular weight is 409 g/mol. The van der Waals surface area contributed by atoms with Gasteiger partial charge in [-0.3, -0.25) is 9.98 Å². The van der Waals surface area contributed by atoms with E-state index in [0.29, 0.717) is 16.8 Å². The highest BCUT2D eigenvalue weighted by Gasteiger charge is 2.11. The van der Waals surface area contributed by atoms with Crippen LogP contribution in [0.1, 0.15) is 11.1 Å². The molecule has 2 aromatic carbocycles. The molecule has 0 aliphatic heterocycles. The van der Waals surface area contributed by atoms with Gasteiger partial charge in [-0.05, 0) is 42.8 Å². The zero-order valence-electron chi connectivity index (χ0n) is 13.7. The lowest BCUT2D eigenvalue weighted by Crippen LogP contribution is -2.00. The van der Waals surface area contributed by atoms with Gasteiger partial charge in [0.2, 0.25) is 0 Å². The summed E-state index contributed by atoms with van der Waals surface area (Å²) in [7, 11) is 0. The first-order valence-corrected chi connectivity index (χ1v) is 8.67. The first-order chi connectivity index (χ1) is 12.5. The predicted octanol–water partition coefficient (Wildman–Crippen LogP) is 4.87. The number of fused-ring (bicyclic) bond motifs is 2. The van der Waals surface area contributed by atoms with E-state index in [-0.39, 0.29) is 5.75 Å². The largest absolute Gasteiger partial charge is 0.507 e. The van der Waals surface area contributed by atoms with E-state index in [9.17, 15) is 9.90 Å². The van der Waals surface area contributed by atoms with Crippen LogP contribution in [0.4, 0.5) is 5.69 Å². The summed E-state index contributed by atoms with van der Waals surface area (Å²) in [6, 6.07) is 12.2. The Balaban J connectivity index is 1.92. The number of phenols is 1. The van der Waals surface area contributed by atoms with Crippen LogP contribution in [0.3, 0.4) is 0 Å². The number of aliphatic imine (C=N–C) groups is 1. The lowest BCUT2D eigenvalue weighted by Gasteiger charge is -2.06. The molecular formula is C20H13BrN2O3. The number of rotatable bonds is 2. The van der Waals surface area contributed by atoms with Gasteiger partial charge in [-0.2, -0.15) is 0 Å². The molecule has 4 aromatic rings. The van der Waals surface area contributed by atoms with Crippen molar-refractivity contribution in [2.24, 2.45) is 4.99 Å². The van der Waals surface area contributed by atoms with Crippen molar-refractivity contribution in [2.75, 3.05) is 0 Å². The number of aromatic hydroxyl groups is 1. The normalized spacial score (nSPS) is 11.6. The molecule has 0 unspecified atom stereocenters. The standard InChI is InChI=1S/C20H13BrN2O3/c1-11-9-18(25)26-20-12(11)4-7-17(24)14(20)10-23-16-6-5-15(21)13-3-2-8-22-19(13)16/h2-10,24H,1H3. The third kappa shape index (κ3) is 2.78. The molecule has 1 N–H and O–H groups in total. The van der Waals surface area contributed by atoms with Crippen LogP contribution < -0.4 is 5.63 Å². The highest BCUT2D eigenvalue weighted by Crippen LogP contribution is 2.31. The topological polar surface area (TPSA) is 75.7 Å². The van der Waals surface area contributed by atoms with Gasteiger partial charge in [0.25, 0.3) is 0 Å². The molecule has 0 radical (unpaired) electrons. The zero-order valence-corrected chi connectivity index (χ0v) is 15.3. The second kappa shape index (κ2) is 6.38. The quantitative estimate of drug-likeness (QED) is 0.379. The Morgan fingerprint density at radius 2 is 2.04 bits per heavy atom. The maximum absolute atomic E-state index is 11.7. The van der Waals surface area contributed by atoms with Gasteiger partial charge in [-0.1, -0.05) is 22.0 Å². The minimum Gasteiger partial charge on any atom is -0.507 e. The Morgan fingerprint density at radius 1 is 1.19 bits per heavy atom. The molecule has 128 valence electrons. The SMILES string of the molecule is Cc1cc(=O)oc2c(C=Nc3ccc(Br)c4cccnc34)c(O)ccc12. The Bertz CT molecular complexity index is 1250. The first kappa shape index (κ1) is 16.5. The van der Waals surface area contributed by atoms with Gasteiger partial charge >= 0.3 is 5.63 Å². The van der Waals surface area contributed by atoms with Gasteiger partial charge in [0, 0.05) is 33.7 Å².